The molecule has 0 amide bonds. The van der Waals surface area contributed by atoms with Crippen molar-refractivity contribution in [2.24, 2.45) is 7.05 Å². The highest BCUT2D eigenvalue weighted by Gasteiger charge is 2.09. The van der Waals surface area contributed by atoms with Gasteiger partial charge in [0.05, 0.1) is 18.5 Å². The van der Waals surface area contributed by atoms with Crippen LogP contribution in [0.25, 0.3) is 11.3 Å². The van der Waals surface area contributed by atoms with E-state index in [4.69, 9.17) is 4.74 Å². The number of nitrogens with zero attached hydrogens (tertiary/aromatic N) is 2. The van der Waals surface area contributed by atoms with E-state index in [9.17, 15) is 4.39 Å². The molecule has 3 rings (SSSR count). The quantitative estimate of drug-likeness (QED) is 0.737. The number of rotatable bonds is 6. The van der Waals surface area contributed by atoms with Crippen LogP contribution >= 0.6 is 0 Å². The van der Waals surface area contributed by atoms with Crippen molar-refractivity contribution in [3.63, 3.8) is 0 Å². The minimum absolute atomic E-state index is 0.244. The van der Waals surface area contributed by atoms with Crippen LogP contribution in [0.1, 0.15) is 12.5 Å². The summed E-state index contributed by atoms with van der Waals surface area (Å²) in [6.07, 6.45) is 1.78. The number of benzene rings is 2. The van der Waals surface area contributed by atoms with Gasteiger partial charge in [-0.3, -0.25) is 0 Å². The lowest BCUT2D eigenvalue weighted by Gasteiger charge is -2.12. The van der Waals surface area contributed by atoms with Crippen LogP contribution in [0.15, 0.2) is 54.7 Å². The highest BCUT2D eigenvalue weighted by molar-refractivity contribution is 5.61. The van der Waals surface area contributed by atoms with E-state index < -0.39 is 0 Å². The third-order valence-corrected chi connectivity index (χ3v) is 3.84. The standard InChI is InChI=1S/C19H20FN3O/c1-3-24-18-7-5-4-6-15(18)12-21-19-22-13-17(23(19)2)14-8-10-16(20)11-9-14/h4-11,13H,3,12H2,1-2H3,(H,21,22). The fourth-order valence-corrected chi connectivity index (χ4v) is 2.58. The first-order valence-corrected chi connectivity index (χ1v) is 7.91. The van der Waals surface area contributed by atoms with E-state index in [1.165, 1.54) is 12.1 Å². The van der Waals surface area contributed by atoms with Crippen molar-refractivity contribution in [2.45, 2.75) is 13.5 Å². The van der Waals surface area contributed by atoms with Crippen molar-refractivity contribution in [2.75, 3.05) is 11.9 Å². The van der Waals surface area contributed by atoms with Gasteiger partial charge in [-0.2, -0.15) is 0 Å². The van der Waals surface area contributed by atoms with Crippen LogP contribution in [-0.2, 0) is 13.6 Å². The molecule has 0 saturated heterocycles. The van der Waals surface area contributed by atoms with Crippen LogP contribution in [-0.4, -0.2) is 16.2 Å². The lowest BCUT2D eigenvalue weighted by molar-refractivity contribution is 0.337. The largest absolute Gasteiger partial charge is 0.494 e. The van der Waals surface area contributed by atoms with Gasteiger partial charge in [0, 0.05) is 24.7 Å². The molecule has 5 heteroatoms. The average Bonchev–Trinajstić information content (AvgIpc) is 2.96. The number of imidazole rings is 1. The average molecular weight is 325 g/mol. The lowest BCUT2D eigenvalue weighted by Crippen LogP contribution is -2.07. The molecule has 0 aliphatic rings. The molecule has 0 saturated carbocycles. The zero-order valence-corrected chi connectivity index (χ0v) is 13.8. The summed E-state index contributed by atoms with van der Waals surface area (Å²) < 4.78 is 20.7. The summed E-state index contributed by atoms with van der Waals surface area (Å²) in [5.74, 6) is 1.38. The van der Waals surface area contributed by atoms with Gasteiger partial charge in [0.15, 0.2) is 0 Å². The number of ether oxygens (including phenoxy) is 1. The molecule has 0 radical (unpaired) electrons. The number of aromatic nitrogens is 2. The number of para-hydroxylation sites is 1. The van der Waals surface area contributed by atoms with Crippen LogP contribution in [0.4, 0.5) is 10.3 Å². The van der Waals surface area contributed by atoms with E-state index in [2.05, 4.69) is 10.3 Å². The number of hydrogen-bond donors (Lipinski definition) is 1. The van der Waals surface area contributed by atoms with E-state index in [-0.39, 0.29) is 5.82 Å². The van der Waals surface area contributed by atoms with E-state index in [1.807, 2.05) is 42.8 Å². The Labute approximate surface area is 140 Å². The summed E-state index contributed by atoms with van der Waals surface area (Å²) in [5.41, 5.74) is 2.93. The molecule has 124 valence electrons. The molecule has 0 fully saturated rings. The number of nitrogens with one attached hydrogen (secondary N) is 1. The minimum atomic E-state index is -0.244. The predicted octanol–water partition coefficient (Wildman–Crippen LogP) is 4.24. The number of anilines is 1. The van der Waals surface area contributed by atoms with Gasteiger partial charge in [0.2, 0.25) is 5.95 Å². The third kappa shape index (κ3) is 3.40. The Morgan fingerprint density at radius 2 is 1.88 bits per heavy atom. The second-order valence-electron chi connectivity index (χ2n) is 5.43. The van der Waals surface area contributed by atoms with Crippen molar-refractivity contribution >= 4 is 5.95 Å². The fourth-order valence-electron chi connectivity index (χ4n) is 2.58. The maximum atomic E-state index is 13.1. The van der Waals surface area contributed by atoms with E-state index in [0.29, 0.717) is 13.2 Å². The molecule has 0 atom stereocenters. The smallest absolute Gasteiger partial charge is 0.203 e. The summed E-state index contributed by atoms with van der Waals surface area (Å²) in [4.78, 5) is 4.42. The van der Waals surface area contributed by atoms with Crippen molar-refractivity contribution in [1.82, 2.24) is 9.55 Å². The maximum absolute atomic E-state index is 13.1. The predicted molar refractivity (Wildman–Crippen MR) is 93.5 cm³/mol. The van der Waals surface area contributed by atoms with Crippen molar-refractivity contribution in [3.8, 4) is 17.0 Å². The second-order valence-corrected chi connectivity index (χ2v) is 5.43. The lowest BCUT2D eigenvalue weighted by atomic mass is 10.2. The molecule has 0 bridgehead atoms. The Morgan fingerprint density at radius 3 is 2.62 bits per heavy atom. The summed E-state index contributed by atoms with van der Waals surface area (Å²) in [7, 11) is 1.93. The molecular formula is C19H20FN3O. The molecule has 24 heavy (non-hydrogen) atoms. The van der Waals surface area contributed by atoms with E-state index >= 15 is 0 Å². The molecule has 1 N–H and O–H groups in total. The molecule has 2 aromatic carbocycles. The first-order chi connectivity index (χ1) is 11.7. The Bertz CT molecular complexity index is 812. The fraction of sp³-hybridized carbons (Fsp3) is 0.211. The van der Waals surface area contributed by atoms with Gasteiger partial charge < -0.3 is 14.6 Å². The molecule has 0 aliphatic heterocycles. The molecule has 0 unspecified atom stereocenters. The first kappa shape index (κ1) is 16.1. The molecular weight excluding hydrogens is 305 g/mol. The van der Waals surface area contributed by atoms with Crippen LogP contribution in [0.2, 0.25) is 0 Å². The molecule has 0 aliphatic carbocycles. The van der Waals surface area contributed by atoms with Crippen molar-refractivity contribution < 1.29 is 9.13 Å². The minimum Gasteiger partial charge on any atom is -0.494 e. The Kier molecular flexibility index (Phi) is 4.79. The summed E-state index contributed by atoms with van der Waals surface area (Å²) >= 11 is 0. The Balaban J connectivity index is 1.76. The second kappa shape index (κ2) is 7.17. The molecule has 3 aromatic rings. The van der Waals surface area contributed by atoms with Crippen LogP contribution in [0, 0.1) is 5.82 Å². The zero-order chi connectivity index (χ0) is 16.9. The Hall–Kier alpha value is -2.82. The molecule has 0 spiro atoms. The Morgan fingerprint density at radius 1 is 1.12 bits per heavy atom. The zero-order valence-electron chi connectivity index (χ0n) is 13.8. The van der Waals surface area contributed by atoms with Gasteiger partial charge in [0.1, 0.15) is 11.6 Å². The first-order valence-electron chi connectivity index (χ1n) is 7.91. The van der Waals surface area contributed by atoms with Gasteiger partial charge in [-0.25, -0.2) is 9.37 Å². The monoisotopic (exact) mass is 325 g/mol. The van der Waals surface area contributed by atoms with Gasteiger partial charge >= 0.3 is 0 Å². The van der Waals surface area contributed by atoms with Gasteiger partial charge in [-0.15, -0.1) is 0 Å². The SMILES string of the molecule is CCOc1ccccc1CNc1ncc(-c2ccc(F)cc2)n1C. The van der Waals surface area contributed by atoms with Crippen LogP contribution in [0.5, 0.6) is 5.75 Å². The molecule has 1 aromatic heterocycles. The maximum Gasteiger partial charge on any atom is 0.203 e. The van der Waals surface area contributed by atoms with Crippen LogP contribution < -0.4 is 10.1 Å². The van der Waals surface area contributed by atoms with Gasteiger partial charge in [-0.1, -0.05) is 18.2 Å². The van der Waals surface area contributed by atoms with Gasteiger partial charge in [0.25, 0.3) is 0 Å². The summed E-state index contributed by atoms with van der Waals surface area (Å²) in [5, 5.41) is 3.33. The van der Waals surface area contributed by atoms with Gasteiger partial charge in [-0.05, 0) is 37.3 Å². The van der Waals surface area contributed by atoms with E-state index in [1.54, 1.807) is 18.3 Å². The van der Waals surface area contributed by atoms with Crippen LogP contribution in [0.3, 0.4) is 0 Å². The highest BCUT2D eigenvalue weighted by atomic mass is 19.1. The highest BCUT2D eigenvalue weighted by Crippen LogP contribution is 2.23. The number of halogens is 1. The molecule has 4 nitrogen and oxygen atoms in total. The van der Waals surface area contributed by atoms with Crippen molar-refractivity contribution in [3.05, 3.63) is 66.1 Å². The van der Waals surface area contributed by atoms with E-state index in [0.717, 1.165) is 28.5 Å². The summed E-state index contributed by atoms with van der Waals surface area (Å²) in [6.45, 7) is 3.22. The number of hydrogen-bond acceptors (Lipinski definition) is 3. The van der Waals surface area contributed by atoms with Crippen molar-refractivity contribution in [1.29, 1.82) is 0 Å². The third-order valence-electron chi connectivity index (χ3n) is 3.84. The normalized spacial score (nSPS) is 10.6. The topological polar surface area (TPSA) is 39.1 Å². The molecule has 1 heterocycles. The summed E-state index contributed by atoms with van der Waals surface area (Å²) in [6, 6.07) is 14.3.